The van der Waals surface area contributed by atoms with Crippen LogP contribution in [0, 0.1) is 0 Å². The van der Waals surface area contributed by atoms with Crippen molar-refractivity contribution in [1.29, 1.82) is 0 Å². The zero-order valence-electron chi connectivity index (χ0n) is 25.0. The molecule has 46 heavy (non-hydrogen) atoms. The number of phenols is 1. The summed E-state index contributed by atoms with van der Waals surface area (Å²) in [6.07, 6.45) is -5.35. The van der Waals surface area contributed by atoms with Gasteiger partial charge in [-0.25, -0.2) is 0 Å². The Morgan fingerprint density at radius 2 is 1.30 bits per heavy atom. The molecule has 0 spiro atoms. The van der Waals surface area contributed by atoms with Crippen LogP contribution in [0.2, 0.25) is 0 Å². The van der Waals surface area contributed by atoms with Gasteiger partial charge in [0.15, 0.2) is 5.75 Å². The van der Waals surface area contributed by atoms with Crippen LogP contribution in [0.1, 0.15) is 30.4 Å². The fraction of sp³-hybridized carbons (Fsp3) is 0.485. The normalized spacial score (nSPS) is 29.9. The minimum Gasteiger partial charge on any atom is -0.508 e. The van der Waals surface area contributed by atoms with Gasteiger partial charge in [0.25, 0.3) is 0 Å². The van der Waals surface area contributed by atoms with Crippen molar-refractivity contribution in [3.8, 4) is 33.8 Å². The molecule has 8 unspecified atom stereocenters. The third-order valence-corrected chi connectivity index (χ3v) is 8.87. The summed E-state index contributed by atoms with van der Waals surface area (Å²) in [5.74, 6) is 0.0220. The Morgan fingerprint density at radius 3 is 1.96 bits per heavy atom. The maximum absolute atomic E-state index is 13.4. The molecule has 1 aromatic heterocycles. The van der Waals surface area contributed by atoms with Gasteiger partial charge in [-0.3, -0.25) is 9.93 Å². The number of aryl methyl sites for hydroxylation is 2. The van der Waals surface area contributed by atoms with E-state index in [1.807, 2.05) is 6.07 Å². The maximum atomic E-state index is 13.4. The molecule has 5 rings (SSSR count). The second-order valence-electron chi connectivity index (χ2n) is 11.9. The second-order valence-corrected chi connectivity index (χ2v) is 11.9. The molecular formula is C33H40FNO11. The van der Waals surface area contributed by atoms with Gasteiger partial charge >= 0.3 is 0 Å². The van der Waals surface area contributed by atoms with Crippen molar-refractivity contribution in [3.05, 3.63) is 66.0 Å². The van der Waals surface area contributed by atoms with Gasteiger partial charge in [0.2, 0.25) is 0 Å². The average Bonchev–Trinajstić information content (AvgIpc) is 3.08. The molecule has 0 bridgehead atoms. The molecule has 8 N–H and O–H groups in total. The fourth-order valence-electron chi connectivity index (χ4n) is 6.16. The van der Waals surface area contributed by atoms with Gasteiger partial charge in [-0.2, -0.15) is 0 Å². The van der Waals surface area contributed by atoms with Crippen LogP contribution in [0.3, 0.4) is 0 Å². The molecule has 2 aromatic carbocycles. The number of nitrogens with zero attached hydrogens (tertiary/aromatic N) is 1. The molecule has 13 heteroatoms. The van der Waals surface area contributed by atoms with E-state index in [0.29, 0.717) is 35.1 Å². The van der Waals surface area contributed by atoms with Gasteiger partial charge in [-0.15, -0.1) is 0 Å². The number of benzene rings is 2. The van der Waals surface area contributed by atoms with E-state index in [9.17, 15) is 45.4 Å². The average molecular weight is 646 g/mol. The zero-order valence-corrected chi connectivity index (χ0v) is 25.0. The highest BCUT2D eigenvalue weighted by Crippen LogP contribution is 2.34. The van der Waals surface area contributed by atoms with E-state index in [1.54, 1.807) is 42.7 Å². The number of pyridine rings is 1. The Morgan fingerprint density at radius 1 is 0.696 bits per heavy atom. The van der Waals surface area contributed by atoms with Crippen molar-refractivity contribution < 1.29 is 59.8 Å². The smallest absolute Gasteiger partial charge is 0.175 e. The monoisotopic (exact) mass is 645 g/mol. The van der Waals surface area contributed by atoms with Crippen molar-refractivity contribution >= 4 is 0 Å². The number of ether oxygens (including phenoxy) is 2. The third-order valence-electron chi connectivity index (χ3n) is 8.87. The van der Waals surface area contributed by atoms with Gasteiger partial charge in [0.05, 0.1) is 37.6 Å². The largest absolute Gasteiger partial charge is 0.508 e. The zero-order chi connectivity index (χ0) is 33.0. The molecule has 9 atom stereocenters. The number of aromatic nitrogens is 1. The maximum Gasteiger partial charge on any atom is 0.175 e. The van der Waals surface area contributed by atoms with Crippen LogP contribution in [-0.4, -0.2) is 114 Å². The first-order valence-electron chi connectivity index (χ1n) is 15.3. The van der Waals surface area contributed by atoms with Crippen LogP contribution in [0.15, 0.2) is 54.9 Å². The molecule has 2 saturated heterocycles. The number of phenolic OH excluding ortho intramolecular Hbond substituents is 1. The van der Waals surface area contributed by atoms with Crippen molar-refractivity contribution in [3.63, 3.8) is 0 Å². The van der Waals surface area contributed by atoms with Crippen molar-refractivity contribution in [1.82, 2.24) is 4.98 Å². The number of halogens is 1. The molecule has 250 valence electrons. The van der Waals surface area contributed by atoms with Crippen LogP contribution in [0.4, 0.5) is 4.53 Å². The summed E-state index contributed by atoms with van der Waals surface area (Å²) >= 11 is 0. The van der Waals surface area contributed by atoms with E-state index >= 15 is 0 Å². The first-order chi connectivity index (χ1) is 22.1. The number of aliphatic hydroxyl groups excluding tert-OH is 7. The Kier molecular flexibility index (Phi) is 11.2. The summed E-state index contributed by atoms with van der Waals surface area (Å²) < 4.78 is 24.8. The molecule has 0 radical (unpaired) electrons. The van der Waals surface area contributed by atoms with Gasteiger partial charge in [-0.05, 0) is 78.3 Å². The van der Waals surface area contributed by atoms with E-state index in [1.165, 1.54) is 6.07 Å². The molecule has 12 nitrogen and oxygen atoms in total. The highest BCUT2D eigenvalue weighted by Gasteiger charge is 2.43. The summed E-state index contributed by atoms with van der Waals surface area (Å²) in [4.78, 5) is 8.45. The summed E-state index contributed by atoms with van der Waals surface area (Å²) in [7, 11) is 0. The Hall–Kier alpha value is -3.24. The van der Waals surface area contributed by atoms with E-state index in [2.05, 4.69) is 9.93 Å². The van der Waals surface area contributed by atoms with Gasteiger partial charge in [0, 0.05) is 34.5 Å². The molecule has 2 fully saturated rings. The van der Waals surface area contributed by atoms with Crippen molar-refractivity contribution in [2.24, 2.45) is 0 Å². The minimum atomic E-state index is -1.51. The Bertz CT molecular complexity index is 1460. The van der Waals surface area contributed by atoms with Gasteiger partial charge < -0.3 is 50.3 Å². The van der Waals surface area contributed by atoms with E-state index in [0.717, 1.165) is 11.1 Å². The van der Waals surface area contributed by atoms with E-state index in [-0.39, 0.29) is 37.4 Å². The predicted octanol–water partition coefficient (Wildman–Crippen LogP) is 0.964. The van der Waals surface area contributed by atoms with Crippen LogP contribution in [0.25, 0.3) is 22.3 Å². The fourth-order valence-corrected chi connectivity index (χ4v) is 6.16. The summed E-state index contributed by atoms with van der Waals surface area (Å²) in [5.41, 5.74) is 3.94. The number of aliphatic hydroxyl groups is 7. The summed E-state index contributed by atoms with van der Waals surface area (Å²) in [6, 6.07) is 11.8. The minimum absolute atomic E-state index is 0.0366. The number of hydrogen-bond acceptors (Lipinski definition) is 12. The first kappa shape index (κ1) is 34.1. The summed E-state index contributed by atoms with van der Waals surface area (Å²) in [5, 5.41) is 80.5. The molecule has 3 aromatic rings. The van der Waals surface area contributed by atoms with E-state index in [4.69, 9.17) is 9.47 Å². The number of hydrogen-bond donors (Lipinski definition) is 8. The Labute approximate surface area is 264 Å². The lowest BCUT2D eigenvalue weighted by Crippen LogP contribution is -2.58. The van der Waals surface area contributed by atoms with Crippen LogP contribution >= 0.6 is 0 Å². The van der Waals surface area contributed by atoms with Crippen molar-refractivity contribution in [2.75, 3.05) is 13.2 Å². The van der Waals surface area contributed by atoms with E-state index < -0.39 is 61.5 Å². The van der Waals surface area contributed by atoms with Gasteiger partial charge in [-0.1, -0.05) is 12.1 Å². The lowest BCUT2D eigenvalue weighted by atomic mass is 9.91. The number of aromatic hydroxyl groups is 1. The molecule has 2 aliphatic rings. The van der Waals surface area contributed by atoms with Crippen LogP contribution in [-0.2, 0) is 22.3 Å². The lowest BCUT2D eigenvalue weighted by molar-refractivity contribution is -0.230. The molecule has 0 amide bonds. The molecule has 2 aliphatic heterocycles. The second kappa shape index (κ2) is 15.1. The summed E-state index contributed by atoms with van der Waals surface area (Å²) in [6.45, 7) is -0.817. The highest BCUT2D eigenvalue weighted by atomic mass is 19.3. The lowest BCUT2D eigenvalue weighted by Gasteiger charge is -2.40. The standard InChI is InChI=1S/C33H40FNO11/c34-46-26-6-2-18(10-20(26)4-8-28-31(41)33(43)32(42)29(16-37)45-28)22-11-21(13-35-14-22)17-1-5-24(38)19(9-17)3-7-27-30(40)25(39)12-23(15-36)44-27/h1-2,5-6,9-11,13-14,23,25,27-33,36-43H,3-4,7-8,12,15-16H2/t23?,25?,27?,28?,29?,30?,31?,32-,33?/m1/s1. The SMILES string of the molecule is OCC1CC(O)C(O)C(CCc2cc(-c3cncc(-c4ccc(OF)c(CCC5OC(CO)[C@@H](O)C(O)C5O)c4)c3)ccc2O)O1. The highest BCUT2D eigenvalue weighted by molar-refractivity contribution is 5.73. The molecule has 3 heterocycles. The third kappa shape index (κ3) is 7.49. The van der Waals surface area contributed by atoms with Gasteiger partial charge in [0.1, 0.15) is 36.3 Å². The molecule has 0 saturated carbocycles. The first-order valence-corrected chi connectivity index (χ1v) is 15.3. The van der Waals surface area contributed by atoms with Crippen LogP contribution < -0.4 is 4.94 Å². The molecular weight excluding hydrogens is 605 g/mol. The molecule has 0 aliphatic carbocycles. The number of rotatable bonds is 11. The Balaban J connectivity index is 1.32. The predicted molar refractivity (Wildman–Crippen MR) is 161 cm³/mol. The van der Waals surface area contributed by atoms with Crippen LogP contribution in [0.5, 0.6) is 11.5 Å². The topological polar surface area (TPSA) is 202 Å². The van der Waals surface area contributed by atoms with Crippen molar-refractivity contribution in [2.45, 2.75) is 87.0 Å². The quantitative estimate of drug-likeness (QED) is 0.147.